The lowest BCUT2D eigenvalue weighted by Crippen LogP contribution is -2.38. The summed E-state index contributed by atoms with van der Waals surface area (Å²) in [6.45, 7) is 0.971. The molecule has 0 atom stereocenters. The number of rotatable bonds is 6. The number of benzene rings is 1. The second-order valence-corrected chi connectivity index (χ2v) is 5.36. The molecule has 0 aliphatic heterocycles. The summed E-state index contributed by atoms with van der Waals surface area (Å²) in [6.07, 6.45) is 2.49. The van der Waals surface area contributed by atoms with Crippen molar-refractivity contribution in [1.29, 1.82) is 0 Å². The van der Waals surface area contributed by atoms with Gasteiger partial charge in [0.05, 0.1) is 4.92 Å². The zero-order chi connectivity index (χ0) is 17.4. The highest BCUT2D eigenvalue weighted by Crippen LogP contribution is 2.16. The van der Waals surface area contributed by atoms with Crippen LogP contribution in [0.2, 0.25) is 5.15 Å². The molecule has 126 valence electrons. The van der Waals surface area contributed by atoms with E-state index in [0.29, 0.717) is 29.8 Å². The molecule has 0 aliphatic carbocycles. The number of nitro groups is 1. The summed E-state index contributed by atoms with van der Waals surface area (Å²) in [5.74, 6) is 0.579. The van der Waals surface area contributed by atoms with Crippen LogP contribution in [0.15, 0.2) is 47.6 Å². The molecule has 0 bridgehead atoms. The number of nitro benzene ring substituents is 1. The van der Waals surface area contributed by atoms with Crippen molar-refractivity contribution in [3.8, 4) is 0 Å². The smallest absolute Gasteiger partial charge is 0.274 e. The maximum Gasteiger partial charge on any atom is 0.274 e. The molecule has 0 saturated carbocycles. The van der Waals surface area contributed by atoms with E-state index in [-0.39, 0.29) is 10.6 Å². The van der Waals surface area contributed by atoms with Gasteiger partial charge in [-0.2, -0.15) is 0 Å². The van der Waals surface area contributed by atoms with E-state index < -0.39 is 0 Å². The van der Waals surface area contributed by atoms with Crippen LogP contribution in [0.4, 0.5) is 5.69 Å². The van der Waals surface area contributed by atoms with E-state index in [1.54, 1.807) is 37.5 Å². The Balaban J connectivity index is 1.85. The van der Waals surface area contributed by atoms with E-state index in [0.717, 1.165) is 12.0 Å². The SMILES string of the molecule is CN=C(NCCc1ccc(Cl)nc1)NCc1ccccc1[N+](=O)[O-]. The predicted octanol–water partition coefficient (Wildman–Crippen LogP) is 2.55. The first-order chi connectivity index (χ1) is 11.6. The first-order valence-electron chi connectivity index (χ1n) is 7.37. The monoisotopic (exact) mass is 347 g/mol. The number of nitrogens with zero attached hydrogens (tertiary/aromatic N) is 3. The first-order valence-corrected chi connectivity index (χ1v) is 7.75. The minimum atomic E-state index is -0.388. The summed E-state index contributed by atoms with van der Waals surface area (Å²) in [5.41, 5.74) is 1.75. The molecule has 0 aliphatic rings. The molecule has 2 N–H and O–H groups in total. The van der Waals surface area contributed by atoms with Gasteiger partial charge in [-0.15, -0.1) is 0 Å². The molecule has 8 heteroatoms. The van der Waals surface area contributed by atoms with Crippen molar-refractivity contribution in [1.82, 2.24) is 15.6 Å². The van der Waals surface area contributed by atoms with Gasteiger partial charge in [0.2, 0.25) is 0 Å². The normalized spacial score (nSPS) is 11.2. The summed E-state index contributed by atoms with van der Waals surface area (Å²) >= 11 is 5.75. The van der Waals surface area contributed by atoms with E-state index in [9.17, 15) is 10.1 Å². The third-order valence-corrected chi connectivity index (χ3v) is 3.58. The van der Waals surface area contributed by atoms with Crippen LogP contribution in [0, 0.1) is 10.1 Å². The lowest BCUT2D eigenvalue weighted by Gasteiger charge is -2.12. The van der Waals surface area contributed by atoms with Crippen molar-refractivity contribution in [2.24, 2.45) is 4.99 Å². The fraction of sp³-hybridized carbons (Fsp3) is 0.250. The second kappa shape index (κ2) is 8.83. The van der Waals surface area contributed by atoms with E-state index >= 15 is 0 Å². The number of guanidine groups is 1. The van der Waals surface area contributed by atoms with Crippen molar-refractivity contribution in [2.45, 2.75) is 13.0 Å². The van der Waals surface area contributed by atoms with E-state index in [1.807, 2.05) is 6.07 Å². The highest BCUT2D eigenvalue weighted by atomic mass is 35.5. The standard InChI is InChI=1S/C16H18ClN5O2/c1-18-16(19-9-8-12-6-7-15(17)20-10-12)21-11-13-4-2-3-5-14(13)22(23)24/h2-7,10H,8-9,11H2,1H3,(H2,18,19,21). The molecule has 2 rings (SSSR count). The fourth-order valence-corrected chi connectivity index (χ4v) is 2.23. The van der Waals surface area contributed by atoms with Crippen molar-refractivity contribution in [2.75, 3.05) is 13.6 Å². The Morgan fingerprint density at radius 1 is 1.29 bits per heavy atom. The second-order valence-electron chi connectivity index (χ2n) is 4.98. The van der Waals surface area contributed by atoms with E-state index in [4.69, 9.17) is 11.6 Å². The van der Waals surface area contributed by atoms with Crippen molar-refractivity contribution < 1.29 is 4.92 Å². The zero-order valence-electron chi connectivity index (χ0n) is 13.2. The molecular weight excluding hydrogens is 330 g/mol. The summed E-state index contributed by atoms with van der Waals surface area (Å²) in [7, 11) is 1.65. The van der Waals surface area contributed by atoms with Crippen molar-refractivity contribution >= 4 is 23.2 Å². The van der Waals surface area contributed by atoms with Crippen LogP contribution < -0.4 is 10.6 Å². The number of aliphatic imine (C=N–C) groups is 1. The highest BCUT2D eigenvalue weighted by molar-refractivity contribution is 6.29. The van der Waals surface area contributed by atoms with E-state index in [1.165, 1.54) is 6.07 Å². The molecule has 1 aromatic carbocycles. The van der Waals surface area contributed by atoms with Crippen LogP contribution in [-0.2, 0) is 13.0 Å². The van der Waals surface area contributed by atoms with Gasteiger partial charge in [-0.05, 0) is 18.1 Å². The highest BCUT2D eigenvalue weighted by Gasteiger charge is 2.12. The molecule has 0 spiro atoms. The van der Waals surface area contributed by atoms with Gasteiger partial charge in [0.15, 0.2) is 5.96 Å². The Morgan fingerprint density at radius 2 is 2.08 bits per heavy atom. The van der Waals surface area contributed by atoms with Crippen molar-refractivity contribution in [3.05, 3.63) is 69.0 Å². The van der Waals surface area contributed by atoms with Crippen LogP contribution in [-0.4, -0.2) is 29.5 Å². The Morgan fingerprint density at radius 3 is 2.75 bits per heavy atom. The number of hydrogen-bond donors (Lipinski definition) is 2. The van der Waals surface area contributed by atoms with E-state index in [2.05, 4.69) is 20.6 Å². The Labute approximate surface area is 144 Å². The van der Waals surface area contributed by atoms with Crippen LogP contribution in [0.3, 0.4) is 0 Å². The molecular formula is C16H18ClN5O2. The molecule has 0 saturated heterocycles. The molecule has 7 nitrogen and oxygen atoms in total. The number of halogens is 1. The average molecular weight is 348 g/mol. The zero-order valence-corrected chi connectivity index (χ0v) is 14.0. The summed E-state index contributed by atoms with van der Waals surface area (Å²) in [5, 5.41) is 17.7. The molecule has 24 heavy (non-hydrogen) atoms. The first kappa shape index (κ1) is 17.7. The number of nitrogens with one attached hydrogen (secondary N) is 2. The summed E-state index contributed by atoms with van der Waals surface area (Å²) in [4.78, 5) is 18.8. The topological polar surface area (TPSA) is 92.5 Å². The number of hydrogen-bond acceptors (Lipinski definition) is 4. The largest absolute Gasteiger partial charge is 0.356 e. The Kier molecular flexibility index (Phi) is 6.51. The maximum absolute atomic E-state index is 11.0. The molecule has 1 aromatic heterocycles. The van der Waals surface area contributed by atoms with Crippen LogP contribution in [0.25, 0.3) is 0 Å². The summed E-state index contributed by atoms with van der Waals surface area (Å²) in [6, 6.07) is 10.3. The quantitative estimate of drug-likeness (QED) is 0.275. The molecule has 0 amide bonds. The Bertz CT molecular complexity index is 719. The summed E-state index contributed by atoms with van der Waals surface area (Å²) < 4.78 is 0. The average Bonchev–Trinajstić information content (AvgIpc) is 2.59. The minimum absolute atomic E-state index is 0.0905. The lowest BCUT2D eigenvalue weighted by atomic mass is 10.2. The van der Waals surface area contributed by atoms with Gasteiger partial charge in [-0.3, -0.25) is 15.1 Å². The van der Waals surface area contributed by atoms with Gasteiger partial charge in [0, 0.05) is 38.0 Å². The van der Waals surface area contributed by atoms with Gasteiger partial charge in [-0.1, -0.05) is 35.9 Å². The molecule has 0 unspecified atom stereocenters. The van der Waals surface area contributed by atoms with Crippen LogP contribution >= 0.6 is 11.6 Å². The maximum atomic E-state index is 11.0. The molecule has 1 heterocycles. The van der Waals surface area contributed by atoms with Gasteiger partial charge in [-0.25, -0.2) is 4.98 Å². The van der Waals surface area contributed by atoms with Gasteiger partial charge in [0.25, 0.3) is 5.69 Å². The number of aromatic nitrogens is 1. The third kappa shape index (κ3) is 5.20. The molecule has 0 fully saturated rings. The van der Waals surface area contributed by atoms with Gasteiger partial charge in [0.1, 0.15) is 5.15 Å². The van der Waals surface area contributed by atoms with Crippen LogP contribution in [0.1, 0.15) is 11.1 Å². The minimum Gasteiger partial charge on any atom is -0.356 e. The Hall–Kier alpha value is -2.67. The lowest BCUT2D eigenvalue weighted by molar-refractivity contribution is -0.385. The fourth-order valence-electron chi connectivity index (χ4n) is 2.12. The van der Waals surface area contributed by atoms with Gasteiger partial charge < -0.3 is 10.6 Å². The molecule has 0 radical (unpaired) electrons. The van der Waals surface area contributed by atoms with Crippen LogP contribution in [0.5, 0.6) is 0 Å². The van der Waals surface area contributed by atoms with Gasteiger partial charge >= 0.3 is 0 Å². The van der Waals surface area contributed by atoms with Crippen molar-refractivity contribution in [3.63, 3.8) is 0 Å². The third-order valence-electron chi connectivity index (χ3n) is 3.35. The molecule has 2 aromatic rings. The predicted molar refractivity (Wildman–Crippen MR) is 94.2 cm³/mol. The number of para-hydroxylation sites is 1. The number of pyridine rings is 1.